The molecule has 0 aromatic rings. The molecular formula is H4O4P2+2. The van der Waals surface area contributed by atoms with Gasteiger partial charge in [0.2, 0.25) is 0 Å². The van der Waals surface area contributed by atoms with Gasteiger partial charge < -0.3 is 0 Å². The van der Waals surface area contributed by atoms with Gasteiger partial charge in [-0.15, -0.1) is 9.79 Å². The Morgan fingerprint density at radius 1 is 1.33 bits per heavy atom. The van der Waals surface area contributed by atoms with Crippen molar-refractivity contribution in [2.45, 2.75) is 0 Å². The molecule has 0 aromatic heterocycles. The van der Waals surface area contributed by atoms with E-state index < -0.39 is 8.25 Å². The van der Waals surface area contributed by atoms with Crippen molar-refractivity contribution >= 4 is 17.4 Å². The largest absolute Gasteiger partial charge is 0.692 e. The lowest BCUT2D eigenvalue weighted by Gasteiger charge is -1.34. The van der Waals surface area contributed by atoms with E-state index in [1.165, 1.54) is 9.12 Å². The normalized spacial score (nSPS) is 5.00. The first kappa shape index (κ1) is 9.45. The zero-order valence-corrected chi connectivity index (χ0v) is 4.78. The summed E-state index contributed by atoms with van der Waals surface area (Å²) in [5.74, 6) is 0. The van der Waals surface area contributed by atoms with Gasteiger partial charge in [-0.05, 0) is 0 Å². The number of rotatable bonds is 0. The molecule has 6 heteroatoms. The topological polar surface area (TPSA) is 74.6 Å². The summed E-state index contributed by atoms with van der Waals surface area (Å²) in [4.78, 5) is 14.2. The maximum atomic E-state index is 8.70. The molecular weight excluding hydrogens is 126 g/mol. The first-order valence-electron chi connectivity index (χ1n) is 0.818. The molecule has 6 heavy (non-hydrogen) atoms. The van der Waals surface area contributed by atoms with Gasteiger partial charge >= 0.3 is 17.4 Å². The van der Waals surface area contributed by atoms with Gasteiger partial charge in [0.15, 0.2) is 0 Å². The first-order chi connectivity index (χ1) is 2.73. The Balaban J connectivity index is 0. The Morgan fingerprint density at radius 2 is 1.33 bits per heavy atom. The maximum absolute atomic E-state index is 8.70. The second-order valence-electron chi connectivity index (χ2n) is 0.253. The Kier molecular flexibility index (Phi) is 14.1. The smallest absolute Gasteiger partial charge is 0.134 e. The highest BCUT2D eigenvalue weighted by Gasteiger charge is 1.93. The van der Waals surface area contributed by atoms with E-state index in [-0.39, 0.29) is 0 Å². The SMILES string of the molecule is O=[P+](O)O.O=[PH2+]. The van der Waals surface area contributed by atoms with Gasteiger partial charge in [-0.25, -0.2) is 0 Å². The van der Waals surface area contributed by atoms with E-state index in [2.05, 4.69) is 0 Å². The van der Waals surface area contributed by atoms with Crippen LogP contribution in [0.15, 0.2) is 0 Å². The van der Waals surface area contributed by atoms with Crippen LogP contribution in [0.4, 0.5) is 0 Å². The van der Waals surface area contributed by atoms with E-state index in [1.54, 1.807) is 0 Å². The molecule has 0 aliphatic heterocycles. The summed E-state index contributed by atoms with van der Waals surface area (Å²) in [5, 5.41) is 0. The van der Waals surface area contributed by atoms with E-state index in [4.69, 9.17) is 18.9 Å². The summed E-state index contributed by atoms with van der Waals surface area (Å²) >= 11 is 0. The standard InChI is InChI=1S/HO3P.H2OP/c1-4(2)3;1-2/h(H-,1,2,3);2H2/q;+1/p+1. The molecule has 0 radical (unpaired) electrons. The molecule has 0 aromatic carbocycles. The average Bonchev–Trinajstić information content (AvgIpc) is 1.41. The lowest BCUT2D eigenvalue weighted by molar-refractivity contribution is 0.405. The second kappa shape index (κ2) is 8.93. The molecule has 2 N–H and O–H groups in total. The van der Waals surface area contributed by atoms with Crippen molar-refractivity contribution in [2.75, 3.05) is 0 Å². The summed E-state index contributed by atoms with van der Waals surface area (Å²) < 4.78 is 16.9. The van der Waals surface area contributed by atoms with Crippen molar-refractivity contribution in [3.8, 4) is 0 Å². The number of hydrogen-bond donors (Lipinski definition) is 2. The van der Waals surface area contributed by atoms with Crippen LogP contribution < -0.4 is 0 Å². The lowest BCUT2D eigenvalue weighted by atomic mass is 15.8. The van der Waals surface area contributed by atoms with E-state index in [0.29, 0.717) is 0 Å². The van der Waals surface area contributed by atoms with E-state index in [0.717, 1.165) is 0 Å². The van der Waals surface area contributed by atoms with Gasteiger partial charge in [0.05, 0.1) is 0 Å². The van der Waals surface area contributed by atoms with E-state index in [1.807, 2.05) is 0 Å². The van der Waals surface area contributed by atoms with Crippen molar-refractivity contribution in [3.05, 3.63) is 0 Å². The third-order valence-electron chi connectivity index (χ3n) is 0. The van der Waals surface area contributed by atoms with E-state index >= 15 is 0 Å². The quantitative estimate of drug-likeness (QED) is 0.446. The summed E-state index contributed by atoms with van der Waals surface area (Å²) in [6, 6.07) is 0. The molecule has 0 saturated carbocycles. The minimum absolute atomic E-state index is 1.17. The van der Waals surface area contributed by atoms with Crippen LogP contribution in [0.2, 0.25) is 0 Å². The van der Waals surface area contributed by atoms with Gasteiger partial charge in [0.1, 0.15) is 0 Å². The van der Waals surface area contributed by atoms with E-state index in [9.17, 15) is 0 Å². The predicted molar refractivity (Wildman–Crippen MR) is 22.4 cm³/mol. The molecule has 1 atom stereocenters. The van der Waals surface area contributed by atoms with Gasteiger partial charge in [-0.2, -0.15) is 0 Å². The summed E-state index contributed by atoms with van der Waals surface area (Å²) in [6.45, 7) is 0. The van der Waals surface area contributed by atoms with Crippen LogP contribution in [0.3, 0.4) is 0 Å². The van der Waals surface area contributed by atoms with Gasteiger partial charge in [0.25, 0.3) is 0 Å². The second-order valence-corrected chi connectivity index (χ2v) is 0.758. The number of hydrogen-bond acceptors (Lipinski definition) is 2. The van der Waals surface area contributed by atoms with Crippen molar-refractivity contribution in [2.24, 2.45) is 0 Å². The molecule has 0 aliphatic carbocycles. The molecule has 4 nitrogen and oxygen atoms in total. The average molecular weight is 130 g/mol. The summed E-state index contributed by atoms with van der Waals surface area (Å²) in [7, 11) is -1.70. The highest BCUT2D eigenvalue weighted by Crippen LogP contribution is 1.98. The van der Waals surface area contributed by atoms with Crippen LogP contribution in [0.5, 0.6) is 0 Å². The lowest BCUT2D eigenvalue weighted by Crippen LogP contribution is -1.38. The van der Waals surface area contributed by atoms with Crippen LogP contribution in [0.1, 0.15) is 0 Å². The summed E-state index contributed by atoms with van der Waals surface area (Å²) in [6.07, 6.45) is 0. The molecule has 0 amide bonds. The van der Waals surface area contributed by atoms with Gasteiger partial charge in [-0.1, -0.05) is 4.57 Å². The molecule has 1 unspecified atom stereocenters. The Morgan fingerprint density at radius 3 is 1.33 bits per heavy atom. The molecule has 0 fully saturated rings. The molecule has 0 spiro atoms. The van der Waals surface area contributed by atoms with Crippen LogP contribution >= 0.6 is 17.4 Å². The first-order valence-corrected chi connectivity index (χ1v) is 2.45. The monoisotopic (exact) mass is 130 g/mol. The minimum Gasteiger partial charge on any atom is -0.134 e. The third kappa shape index (κ3) is 2790. The fourth-order valence-electron chi connectivity index (χ4n) is 0. The fraction of sp³-hybridized carbons (Fsp3) is 0. The van der Waals surface area contributed by atoms with Crippen molar-refractivity contribution in [1.29, 1.82) is 0 Å². The van der Waals surface area contributed by atoms with Crippen molar-refractivity contribution < 1.29 is 18.9 Å². The van der Waals surface area contributed by atoms with Gasteiger partial charge in [0, 0.05) is 4.57 Å². The zero-order chi connectivity index (χ0) is 5.58. The minimum atomic E-state index is -2.87. The van der Waals surface area contributed by atoms with Crippen molar-refractivity contribution in [3.63, 3.8) is 0 Å². The predicted octanol–water partition coefficient (Wildman–Crippen LogP) is -0.165. The molecule has 36 valence electrons. The zero-order valence-electron chi connectivity index (χ0n) is 2.74. The van der Waals surface area contributed by atoms with Crippen molar-refractivity contribution in [1.82, 2.24) is 0 Å². The van der Waals surface area contributed by atoms with Crippen LogP contribution in [-0.2, 0) is 9.13 Å². The fourth-order valence-corrected chi connectivity index (χ4v) is 0. The maximum Gasteiger partial charge on any atom is 0.692 e. The Hall–Kier alpha value is 0.120. The van der Waals surface area contributed by atoms with Crippen LogP contribution in [-0.4, -0.2) is 9.79 Å². The third-order valence-corrected chi connectivity index (χ3v) is 0. The Bertz CT molecular complexity index is 36.8. The highest BCUT2D eigenvalue weighted by molar-refractivity contribution is 7.30. The van der Waals surface area contributed by atoms with Gasteiger partial charge in [-0.3, -0.25) is 0 Å². The summed E-state index contributed by atoms with van der Waals surface area (Å²) in [5.41, 5.74) is 0. The molecule has 0 aliphatic rings. The van der Waals surface area contributed by atoms with Crippen LogP contribution in [0.25, 0.3) is 0 Å². The molecule has 0 rings (SSSR count). The molecule has 0 bridgehead atoms. The molecule has 0 saturated heterocycles. The van der Waals surface area contributed by atoms with Crippen LogP contribution in [0, 0.1) is 0 Å². The highest BCUT2D eigenvalue weighted by atomic mass is 31.1. The molecule has 0 heterocycles. The Labute approximate surface area is 37.4 Å².